The van der Waals surface area contributed by atoms with Crippen molar-refractivity contribution in [3.8, 4) is 5.69 Å². The van der Waals surface area contributed by atoms with Crippen molar-refractivity contribution in [3.05, 3.63) is 46.5 Å². The summed E-state index contributed by atoms with van der Waals surface area (Å²) >= 11 is 0.774. The summed E-state index contributed by atoms with van der Waals surface area (Å²) in [6.45, 7) is 5.54. The van der Waals surface area contributed by atoms with Crippen LogP contribution in [-0.2, 0) is 4.79 Å². The van der Waals surface area contributed by atoms with Crippen LogP contribution in [0, 0.1) is 11.6 Å². The SMILES string of the molecule is CCN1CCN(c2c(F)cc(-n3nnc4ccc(/C=C5\SC(=O)NC5=O)nc43)cc2F)CC1. The van der Waals surface area contributed by atoms with Gasteiger partial charge in [0.25, 0.3) is 11.1 Å². The number of halogens is 2. The van der Waals surface area contributed by atoms with Gasteiger partial charge in [0.2, 0.25) is 0 Å². The van der Waals surface area contributed by atoms with Gasteiger partial charge in [-0.2, -0.15) is 4.68 Å². The molecule has 170 valence electrons. The number of carbonyl (C=O) groups is 2. The number of hydrogen-bond acceptors (Lipinski definition) is 8. The maximum Gasteiger partial charge on any atom is 0.290 e. The molecule has 4 heterocycles. The van der Waals surface area contributed by atoms with Crippen molar-refractivity contribution in [3.63, 3.8) is 0 Å². The van der Waals surface area contributed by atoms with E-state index in [4.69, 9.17) is 0 Å². The topological polar surface area (TPSA) is 96.2 Å². The lowest BCUT2D eigenvalue weighted by atomic mass is 10.2. The van der Waals surface area contributed by atoms with E-state index >= 15 is 8.78 Å². The zero-order valence-corrected chi connectivity index (χ0v) is 18.4. The highest BCUT2D eigenvalue weighted by Crippen LogP contribution is 2.29. The molecule has 0 radical (unpaired) electrons. The van der Waals surface area contributed by atoms with E-state index in [2.05, 4.69) is 32.4 Å². The fraction of sp³-hybridized carbons (Fsp3) is 0.286. The van der Waals surface area contributed by atoms with Crippen LogP contribution in [0.15, 0.2) is 29.2 Å². The van der Waals surface area contributed by atoms with Gasteiger partial charge in [-0.05, 0) is 36.5 Å². The maximum atomic E-state index is 15.0. The van der Waals surface area contributed by atoms with Crippen molar-refractivity contribution < 1.29 is 18.4 Å². The van der Waals surface area contributed by atoms with E-state index in [-0.39, 0.29) is 21.9 Å². The largest absolute Gasteiger partial charge is 0.364 e. The summed E-state index contributed by atoms with van der Waals surface area (Å²) in [5.41, 5.74) is 1.15. The van der Waals surface area contributed by atoms with E-state index in [0.29, 0.717) is 24.3 Å². The summed E-state index contributed by atoms with van der Waals surface area (Å²) in [5, 5.41) is 9.74. The van der Waals surface area contributed by atoms with Crippen molar-refractivity contribution in [2.75, 3.05) is 37.6 Å². The smallest absolute Gasteiger partial charge is 0.290 e. The number of nitrogens with zero attached hydrogens (tertiary/aromatic N) is 6. The Balaban J connectivity index is 1.48. The standard InChI is InChI=1S/C21H19F2N7O2S/c1-2-28-5-7-29(8-6-28)18-14(22)10-13(11-15(18)23)30-19-16(26-27-30)4-3-12(24-19)9-17-20(31)25-21(32)33-17/h3-4,9-11H,2,5-8H2,1H3,(H,25,31,32)/b17-9-. The predicted octanol–water partition coefficient (Wildman–Crippen LogP) is 2.56. The number of imide groups is 1. The van der Waals surface area contributed by atoms with Gasteiger partial charge < -0.3 is 9.80 Å². The normalized spacial score (nSPS) is 18.5. The zero-order valence-electron chi connectivity index (χ0n) is 17.6. The van der Waals surface area contributed by atoms with Crippen LogP contribution in [0.25, 0.3) is 22.9 Å². The first-order valence-corrected chi connectivity index (χ1v) is 11.2. The van der Waals surface area contributed by atoms with E-state index in [0.717, 1.165) is 31.4 Å². The first-order valence-electron chi connectivity index (χ1n) is 10.4. The van der Waals surface area contributed by atoms with Crippen LogP contribution >= 0.6 is 11.8 Å². The highest BCUT2D eigenvalue weighted by atomic mass is 32.2. The van der Waals surface area contributed by atoms with Crippen molar-refractivity contribution in [2.24, 2.45) is 0 Å². The Kier molecular flexibility index (Phi) is 5.54. The number of aromatic nitrogens is 4. The highest BCUT2D eigenvalue weighted by molar-refractivity contribution is 8.18. The Bertz CT molecular complexity index is 1280. The predicted molar refractivity (Wildman–Crippen MR) is 120 cm³/mol. The lowest BCUT2D eigenvalue weighted by Gasteiger charge is -2.35. The second-order valence-corrected chi connectivity index (χ2v) is 8.63. The molecule has 3 aromatic rings. The number of pyridine rings is 1. The van der Waals surface area contributed by atoms with Gasteiger partial charge in [-0.1, -0.05) is 12.1 Å². The summed E-state index contributed by atoms with van der Waals surface area (Å²) in [4.78, 5) is 31.7. The van der Waals surface area contributed by atoms with Crippen LogP contribution in [0.2, 0.25) is 0 Å². The molecular weight excluding hydrogens is 452 g/mol. The minimum Gasteiger partial charge on any atom is -0.364 e. The Morgan fingerprint density at radius 3 is 2.48 bits per heavy atom. The van der Waals surface area contributed by atoms with Gasteiger partial charge >= 0.3 is 0 Å². The number of piperazine rings is 1. The van der Waals surface area contributed by atoms with Crippen LogP contribution in [0.5, 0.6) is 0 Å². The third-order valence-corrected chi connectivity index (χ3v) is 6.43. The number of carbonyl (C=O) groups excluding carboxylic acids is 2. The van der Waals surface area contributed by atoms with Crippen molar-refractivity contribution in [1.29, 1.82) is 0 Å². The van der Waals surface area contributed by atoms with E-state index < -0.39 is 22.8 Å². The van der Waals surface area contributed by atoms with E-state index in [9.17, 15) is 9.59 Å². The number of anilines is 1. The molecule has 0 unspecified atom stereocenters. The van der Waals surface area contributed by atoms with Crippen molar-refractivity contribution in [2.45, 2.75) is 6.92 Å². The number of hydrogen-bond donors (Lipinski definition) is 1. The van der Waals surface area contributed by atoms with Gasteiger partial charge in [0.1, 0.15) is 11.2 Å². The third-order valence-electron chi connectivity index (χ3n) is 5.62. The molecule has 12 heteroatoms. The molecule has 33 heavy (non-hydrogen) atoms. The van der Waals surface area contributed by atoms with Crippen LogP contribution in [0.3, 0.4) is 0 Å². The summed E-state index contributed by atoms with van der Waals surface area (Å²) < 4.78 is 31.3. The van der Waals surface area contributed by atoms with E-state index in [1.54, 1.807) is 17.0 Å². The number of fused-ring (bicyclic) bond motifs is 1. The van der Waals surface area contributed by atoms with Gasteiger partial charge in [-0.15, -0.1) is 5.10 Å². The number of rotatable bonds is 4. The van der Waals surface area contributed by atoms with E-state index in [1.807, 2.05) is 0 Å². The number of nitrogens with one attached hydrogen (secondary N) is 1. The van der Waals surface area contributed by atoms with Crippen LogP contribution in [0.4, 0.5) is 19.3 Å². The number of benzene rings is 1. The first kappa shape index (κ1) is 21.5. The number of likely N-dealkylation sites (N-methyl/N-ethyl adjacent to an activating group) is 1. The Labute approximate surface area is 191 Å². The molecule has 0 spiro atoms. The molecule has 2 amide bonds. The Hall–Kier alpha value is -3.38. The fourth-order valence-corrected chi connectivity index (χ4v) is 4.57. The fourth-order valence-electron chi connectivity index (χ4n) is 3.90. The van der Waals surface area contributed by atoms with Gasteiger partial charge in [0.15, 0.2) is 17.3 Å². The summed E-state index contributed by atoms with van der Waals surface area (Å²) in [6, 6.07) is 5.67. The molecule has 9 nitrogen and oxygen atoms in total. The Morgan fingerprint density at radius 2 is 1.85 bits per heavy atom. The van der Waals surface area contributed by atoms with Crippen molar-refractivity contribution >= 4 is 45.8 Å². The number of thioether (sulfide) groups is 1. The quantitative estimate of drug-likeness (QED) is 0.580. The monoisotopic (exact) mass is 471 g/mol. The van der Waals surface area contributed by atoms with Gasteiger partial charge in [-0.3, -0.25) is 14.9 Å². The molecule has 0 bridgehead atoms. The molecule has 0 atom stereocenters. The highest BCUT2D eigenvalue weighted by Gasteiger charge is 2.26. The summed E-state index contributed by atoms with van der Waals surface area (Å²) in [6.07, 6.45) is 1.46. The molecule has 1 aromatic carbocycles. The number of amides is 2. The second-order valence-electron chi connectivity index (χ2n) is 7.61. The molecule has 1 N–H and O–H groups in total. The van der Waals surface area contributed by atoms with E-state index in [1.165, 1.54) is 22.9 Å². The lowest BCUT2D eigenvalue weighted by Crippen LogP contribution is -2.46. The average molecular weight is 471 g/mol. The second kappa shape index (κ2) is 8.52. The van der Waals surface area contributed by atoms with Crippen LogP contribution in [0.1, 0.15) is 12.6 Å². The minimum atomic E-state index is -0.686. The average Bonchev–Trinajstić information content (AvgIpc) is 3.35. The maximum absolute atomic E-state index is 15.0. The van der Waals surface area contributed by atoms with Gasteiger partial charge in [0, 0.05) is 38.3 Å². The molecule has 0 saturated carbocycles. The van der Waals surface area contributed by atoms with Crippen LogP contribution in [-0.4, -0.2) is 68.7 Å². The molecule has 2 fully saturated rings. The molecule has 2 saturated heterocycles. The molecule has 0 aliphatic carbocycles. The van der Waals surface area contributed by atoms with Gasteiger partial charge in [-0.25, -0.2) is 13.8 Å². The summed E-state index contributed by atoms with van der Waals surface area (Å²) in [7, 11) is 0. The molecule has 5 rings (SSSR count). The first-order chi connectivity index (χ1) is 15.9. The third kappa shape index (κ3) is 4.07. The summed E-state index contributed by atoms with van der Waals surface area (Å²) in [5.74, 6) is -1.87. The molecule has 2 aliphatic rings. The molecule has 2 aromatic heterocycles. The minimum absolute atomic E-state index is 0.0498. The molecule has 2 aliphatic heterocycles. The zero-order chi connectivity index (χ0) is 23.1. The molecular formula is C21H19F2N7O2S. The lowest BCUT2D eigenvalue weighted by molar-refractivity contribution is -0.115. The van der Waals surface area contributed by atoms with Gasteiger partial charge in [0.05, 0.1) is 16.3 Å². The Morgan fingerprint density at radius 1 is 1.12 bits per heavy atom. The van der Waals surface area contributed by atoms with Crippen molar-refractivity contribution in [1.82, 2.24) is 30.2 Å². The van der Waals surface area contributed by atoms with Crippen LogP contribution < -0.4 is 10.2 Å².